The fourth-order valence-electron chi connectivity index (χ4n) is 4.75. The molecular formula is C30H22N2O6S. The summed E-state index contributed by atoms with van der Waals surface area (Å²) in [5, 5.41) is 14.7. The van der Waals surface area contributed by atoms with Crippen LogP contribution in [-0.4, -0.2) is 45.2 Å². The second-order valence-corrected chi connectivity index (χ2v) is 10.00. The second-order valence-electron chi connectivity index (χ2n) is 9.08. The Kier molecular flexibility index (Phi) is 6.56. The number of hydrogen-bond acceptors (Lipinski definition) is 8. The molecule has 9 heteroatoms. The third-order valence-electron chi connectivity index (χ3n) is 6.66. The highest BCUT2D eigenvalue weighted by molar-refractivity contribution is 7.18. The van der Waals surface area contributed by atoms with Crippen LogP contribution in [0, 0.1) is 0 Å². The first-order valence-electron chi connectivity index (χ1n) is 12.2. The maximum absolute atomic E-state index is 13.7. The average Bonchev–Trinajstić information content (AvgIpc) is 3.57. The lowest BCUT2D eigenvalue weighted by atomic mass is 10.0. The van der Waals surface area contributed by atoms with Gasteiger partial charge in [0.25, 0.3) is 5.56 Å². The van der Waals surface area contributed by atoms with Crippen LogP contribution in [0.25, 0.3) is 26.7 Å². The number of carbonyl (C=O) groups excluding carboxylic acids is 2. The van der Waals surface area contributed by atoms with E-state index in [1.165, 1.54) is 26.9 Å². The molecule has 8 nitrogen and oxygen atoms in total. The molecule has 0 bridgehead atoms. The van der Waals surface area contributed by atoms with E-state index in [1.54, 1.807) is 24.3 Å². The van der Waals surface area contributed by atoms with Gasteiger partial charge in [0.05, 0.1) is 28.9 Å². The average molecular weight is 539 g/mol. The summed E-state index contributed by atoms with van der Waals surface area (Å²) in [5.41, 5.74) is 1.98. The molecule has 1 N–H and O–H groups in total. The minimum absolute atomic E-state index is 0.0746. The van der Waals surface area contributed by atoms with Crippen LogP contribution >= 0.6 is 11.3 Å². The summed E-state index contributed by atoms with van der Waals surface area (Å²) < 4.78 is 7.92. The molecule has 3 aromatic heterocycles. The maximum atomic E-state index is 13.7. The number of aromatic nitrogens is 1. The number of thiophene rings is 1. The molecule has 39 heavy (non-hydrogen) atoms. The summed E-state index contributed by atoms with van der Waals surface area (Å²) in [6.45, 7) is 0.0806. The number of ether oxygens (including phenoxy) is 1. The van der Waals surface area contributed by atoms with Gasteiger partial charge in [0.15, 0.2) is 17.7 Å². The third kappa shape index (κ3) is 4.54. The van der Waals surface area contributed by atoms with Gasteiger partial charge in [0.1, 0.15) is 6.10 Å². The topological polar surface area (TPSA) is 97.6 Å². The molecule has 5 aromatic rings. The molecule has 2 unspecified atom stereocenters. The molecule has 0 aliphatic carbocycles. The Balaban J connectivity index is 1.37. The number of carbonyl (C=O) groups is 1. The van der Waals surface area contributed by atoms with Crippen LogP contribution in [0.4, 0.5) is 0 Å². The van der Waals surface area contributed by atoms with Gasteiger partial charge in [0, 0.05) is 11.8 Å². The zero-order valence-electron chi connectivity index (χ0n) is 20.5. The number of hydroxylamine groups is 2. The van der Waals surface area contributed by atoms with Gasteiger partial charge < -0.3 is 9.84 Å². The number of pyridine rings is 2. The summed E-state index contributed by atoms with van der Waals surface area (Å²) in [4.78, 5) is 44.9. The van der Waals surface area contributed by atoms with E-state index >= 15 is 0 Å². The van der Waals surface area contributed by atoms with Crippen molar-refractivity contribution in [3.8, 4) is 11.1 Å². The van der Waals surface area contributed by atoms with E-state index < -0.39 is 18.2 Å². The van der Waals surface area contributed by atoms with Crippen molar-refractivity contribution in [2.24, 2.45) is 0 Å². The Hall–Kier alpha value is -4.53. The monoisotopic (exact) mass is 538 g/mol. The zero-order valence-corrected chi connectivity index (χ0v) is 21.3. The Morgan fingerprint density at radius 1 is 1.05 bits per heavy atom. The molecule has 1 fully saturated rings. The van der Waals surface area contributed by atoms with Crippen LogP contribution in [0.3, 0.4) is 0 Å². The van der Waals surface area contributed by atoms with E-state index in [0.717, 1.165) is 15.6 Å². The first-order chi connectivity index (χ1) is 19.0. The van der Waals surface area contributed by atoms with Crippen LogP contribution in [-0.2, 0) is 21.0 Å². The zero-order chi connectivity index (χ0) is 26.9. The van der Waals surface area contributed by atoms with E-state index in [4.69, 9.17) is 9.57 Å². The van der Waals surface area contributed by atoms with E-state index in [1.807, 2.05) is 66.0 Å². The van der Waals surface area contributed by atoms with Crippen LogP contribution in [0.15, 0.2) is 101 Å². The van der Waals surface area contributed by atoms with Gasteiger partial charge in [-0.3, -0.25) is 14.0 Å². The quantitative estimate of drug-likeness (QED) is 0.255. The van der Waals surface area contributed by atoms with E-state index in [9.17, 15) is 19.5 Å². The molecule has 2 aromatic carbocycles. The Labute approximate surface area is 226 Å². The van der Waals surface area contributed by atoms with Crippen LogP contribution in [0.5, 0.6) is 0 Å². The second kappa shape index (κ2) is 10.3. The standard InChI is InChI=1S/C30H22N2O6S/c33-17-24-27(25(34)16-32(24)37-18-19-7-3-1-4-8-19)38-30(36)23-15-22(20-9-5-2-6-10-20)29(35)31-13-11-21-12-14-39-28(21)26(23)31/h1-15,25,27,34H,16,18H2. The van der Waals surface area contributed by atoms with Crippen LogP contribution in [0.2, 0.25) is 0 Å². The van der Waals surface area contributed by atoms with E-state index in [2.05, 4.69) is 0 Å². The van der Waals surface area contributed by atoms with Gasteiger partial charge in [0.2, 0.25) is 0 Å². The van der Waals surface area contributed by atoms with Gasteiger partial charge >= 0.3 is 5.97 Å². The fraction of sp³-hybridized carbons (Fsp3) is 0.133. The fourth-order valence-corrected chi connectivity index (χ4v) is 5.69. The smallest absolute Gasteiger partial charge is 0.341 e. The number of aliphatic hydroxyl groups is 1. The maximum Gasteiger partial charge on any atom is 0.341 e. The highest BCUT2D eigenvalue weighted by atomic mass is 32.1. The van der Waals surface area contributed by atoms with Crippen molar-refractivity contribution in [2.45, 2.75) is 18.8 Å². The summed E-state index contributed by atoms with van der Waals surface area (Å²) in [6.07, 6.45) is -0.870. The molecule has 194 valence electrons. The SMILES string of the molecule is O=C=C1C(OC(=O)c2cc(-c3ccccc3)c(=O)n3ccc4ccsc4c23)C(O)CN1OCc1ccccc1. The number of hydrogen-bond donors (Lipinski definition) is 1. The van der Waals surface area contributed by atoms with Crippen LogP contribution in [0.1, 0.15) is 15.9 Å². The summed E-state index contributed by atoms with van der Waals surface area (Å²) in [5.74, 6) is 0.989. The van der Waals surface area contributed by atoms with E-state index in [0.29, 0.717) is 16.6 Å². The van der Waals surface area contributed by atoms with Crippen molar-refractivity contribution >= 4 is 38.9 Å². The largest absolute Gasteiger partial charge is 0.448 e. The lowest BCUT2D eigenvalue weighted by molar-refractivity contribution is -0.137. The Bertz CT molecular complexity index is 1790. The van der Waals surface area contributed by atoms with Gasteiger partial charge in [-0.2, -0.15) is 0 Å². The number of aliphatic hydroxyl groups excluding tert-OH is 1. The summed E-state index contributed by atoms with van der Waals surface area (Å²) >= 11 is 1.40. The lowest BCUT2D eigenvalue weighted by Gasteiger charge is -2.19. The molecule has 0 radical (unpaired) electrons. The predicted molar refractivity (Wildman–Crippen MR) is 147 cm³/mol. The molecule has 2 atom stereocenters. The van der Waals surface area contributed by atoms with Crippen molar-refractivity contribution in [1.29, 1.82) is 0 Å². The number of benzene rings is 2. The normalized spacial score (nSPS) is 17.1. The molecule has 1 aliphatic heterocycles. The van der Waals surface area contributed by atoms with Crippen LogP contribution < -0.4 is 5.56 Å². The highest BCUT2D eigenvalue weighted by Crippen LogP contribution is 2.31. The summed E-state index contributed by atoms with van der Waals surface area (Å²) in [6, 6.07) is 23.6. The molecular weight excluding hydrogens is 516 g/mol. The van der Waals surface area contributed by atoms with E-state index in [-0.39, 0.29) is 30.0 Å². The van der Waals surface area contributed by atoms with Crippen molar-refractivity contribution in [2.75, 3.05) is 6.54 Å². The first-order valence-corrected chi connectivity index (χ1v) is 13.1. The van der Waals surface area contributed by atoms with Gasteiger partial charge in [-0.15, -0.1) is 11.3 Å². The minimum atomic E-state index is -1.29. The summed E-state index contributed by atoms with van der Waals surface area (Å²) in [7, 11) is 0. The highest BCUT2D eigenvalue weighted by Gasteiger charge is 2.41. The number of esters is 1. The minimum Gasteiger partial charge on any atom is -0.448 e. The Morgan fingerprint density at radius 3 is 2.54 bits per heavy atom. The van der Waals surface area contributed by atoms with Crippen molar-refractivity contribution in [3.05, 3.63) is 118 Å². The molecule has 0 spiro atoms. The predicted octanol–water partition coefficient (Wildman–Crippen LogP) is 4.23. The van der Waals surface area contributed by atoms with Gasteiger partial charge in [-0.1, -0.05) is 60.7 Å². The number of nitrogens with zero attached hydrogens (tertiary/aromatic N) is 2. The van der Waals surface area contributed by atoms with Crippen molar-refractivity contribution in [3.63, 3.8) is 0 Å². The number of rotatable bonds is 6. The Morgan fingerprint density at radius 2 is 1.79 bits per heavy atom. The molecule has 1 aliphatic rings. The van der Waals surface area contributed by atoms with Crippen molar-refractivity contribution in [1.82, 2.24) is 9.46 Å². The molecule has 4 heterocycles. The first kappa shape index (κ1) is 24.8. The molecule has 6 rings (SSSR count). The number of β-amino-alcohol motifs (C(OH)–C–C–N with tert-alkyl or cyclic N) is 1. The molecule has 0 amide bonds. The number of fused-ring (bicyclic) bond motifs is 3. The lowest BCUT2D eigenvalue weighted by Crippen LogP contribution is -2.30. The molecule has 1 saturated heterocycles. The third-order valence-corrected chi connectivity index (χ3v) is 7.60. The molecule has 0 saturated carbocycles. The van der Waals surface area contributed by atoms with Gasteiger partial charge in [-0.25, -0.2) is 14.7 Å². The van der Waals surface area contributed by atoms with Crippen molar-refractivity contribution < 1.29 is 24.3 Å². The van der Waals surface area contributed by atoms with Gasteiger partial charge in [-0.05, 0) is 40.1 Å².